The van der Waals surface area contributed by atoms with Gasteiger partial charge in [0.1, 0.15) is 12.4 Å². The molecule has 0 spiro atoms. The molecule has 0 heterocycles. The van der Waals surface area contributed by atoms with E-state index in [9.17, 15) is 9.90 Å². The van der Waals surface area contributed by atoms with Gasteiger partial charge in [0.2, 0.25) is 0 Å². The molecule has 4 heteroatoms. The van der Waals surface area contributed by atoms with Gasteiger partial charge in [-0.05, 0) is 70.7 Å². The molecule has 0 unspecified atom stereocenters. The van der Waals surface area contributed by atoms with E-state index in [1.807, 2.05) is 6.07 Å². The first-order valence-electron chi connectivity index (χ1n) is 13.0. The highest BCUT2D eigenvalue weighted by Crippen LogP contribution is 2.48. The van der Waals surface area contributed by atoms with Gasteiger partial charge in [-0.2, -0.15) is 0 Å². The van der Waals surface area contributed by atoms with Crippen LogP contribution in [0.5, 0.6) is 5.75 Å². The predicted octanol–water partition coefficient (Wildman–Crippen LogP) is 6.69. The van der Waals surface area contributed by atoms with E-state index in [0.717, 1.165) is 25.7 Å². The van der Waals surface area contributed by atoms with E-state index in [4.69, 9.17) is 4.74 Å². The summed E-state index contributed by atoms with van der Waals surface area (Å²) in [7, 11) is 0. The summed E-state index contributed by atoms with van der Waals surface area (Å²) in [5.41, 5.74) is 7.18. The lowest BCUT2D eigenvalue weighted by molar-refractivity contribution is 0.112. The Hall–Kier alpha value is -3.27. The van der Waals surface area contributed by atoms with Crippen molar-refractivity contribution in [3.63, 3.8) is 0 Å². The van der Waals surface area contributed by atoms with Gasteiger partial charge in [0.25, 0.3) is 0 Å². The molecular weight excluding hydrogens is 434 g/mol. The molecule has 2 bridgehead atoms. The first kappa shape index (κ1) is 22.2. The van der Waals surface area contributed by atoms with Crippen molar-refractivity contribution in [2.75, 3.05) is 6.61 Å². The Balaban J connectivity index is 1.24. The van der Waals surface area contributed by atoms with Gasteiger partial charge < -0.3 is 15.2 Å². The van der Waals surface area contributed by atoms with E-state index in [0.29, 0.717) is 18.3 Å². The number of alkyl carbamates (subject to hydrolysis) is 1. The Kier molecular flexibility index (Phi) is 5.55. The van der Waals surface area contributed by atoms with Gasteiger partial charge in [-0.3, -0.25) is 0 Å². The SMILES string of the molecule is C[C@@]12CCCCC[C@@H](Cc3ccc(O)cc31)[C@@H]2NC(=O)OCC1c2ccccc2-c2ccccc21. The van der Waals surface area contributed by atoms with Crippen molar-refractivity contribution in [2.45, 2.75) is 62.8 Å². The molecule has 4 nitrogen and oxygen atoms in total. The van der Waals surface area contributed by atoms with Gasteiger partial charge in [0, 0.05) is 17.4 Å². The van der Waals surface area contributed by atoms with Crippen LogP contribution in [0.4, 0.5) is 4.79 Å². The van der Waals surface area contributed by atoms with Gasteiger partial charge in [0.05, 0.1) is 0 Å². The summed E-state index contributed by atoms with van der Waals surface area (Å²) in [5.74, 6) is 0.724. The molecule has 2 N–H and O–H groups in total. The fraction of sp³-hybridized carbons (Fsp3) is 0.387. The van der Waals surface area contributed by atoms with Crippen molar-refractivity contribution >= 4 is 6.09 Å². The number of hydrogen-bond acceptors (Lipinski definition) is 3. The zero-order chi connectivity index (χ0) is 24.0. The molecule has 0 saturated heterocycles. The van der Waals surface area contributed by atoms with Gasteiger partial charge >= 0.3 is 6.09 Å². The maximum atomic E-state index is 13.3. The van der Waals surface area contributed by atoms with Crippen molar-refractivity contribution in [3.8, 4) is 16.9 Å². The average molecular weight is 468 g/mol. The van der Waals surface area contributed by atoms with Gasteiger partial charge in [-0.25, -0.2) is 4.79 Å². The van der Waals surface area contributed by atoms with Crippen LogP contribution in [0.2, 0.25) is 0 Å². The minimum Gasteiger partial charge on any atom is -0.508 e. The smallest absolute Gasteiger partial charge is 0.407 e. The highest BCUT2D eigenvalue weighted by Gasteiger charge is 2.47. The van der Waals surface area contributed by atoms with E-state index in [2.05, 4.69) is 66.8 Å². The molecule has 35 heavy (non-hydrogen) atoms. The number of hydrogen-bond donors (Lipinski definition) is 2. The molecule has 0 aliphatic heterocycles. The van der Waals surface area contributed by atoms with Crippen LogP contribution in [-0.4, -0.2) is 23.8 Å². The van der Waals surface area contributed by atoms with Gasteiger partial charge in [-0.15, -0.1) is 0 Å². The lowest BCUT2D eigenvalue weighted by Crippen LogP contribution is -2.57. The van der Waals surface area contributed by atoms with E-state index in [-0.39, 0.29) is 23.5 Å². The van der Waals surface area contributed by atoms with E-state index in [1.54, 1.807) is 6.07 Å². The highest BCUT2D eigenvalue weighted by atomic mass is 16.5. The van der Waals surface area contributed by atoms with Crippen molar-refractivity contribution in [2.24, 2.45) is 5.92 Å². The summed E-state index contributed by atoms with van der Waals surface area (Å²) in [4.78, 5) is 13.3. The van der Waals surface area contributed by atoms with Crippen LogP contribution >= 0.6 is 0 Å². The molecule has 3 aliphatic rings. The summed E-state index contributed by atoms with van der Waals surface area (Å²) < 4.78 is 5.94. The molecule has 0 radical (unpaired) electrons. The third-order valence-corrected chi connectivity index (χ3v) is 8.74. The molecule has 3 aliphatic carbocycles. The number of amides is 1. The maximum absolute atomic E-state index is 13.3. The Morgan fingerprint density at radius 2 is 1.71 bits per heavy atom. The number of fused-ring (bicyclic) bond motifs is 7. The number of carbonyl (C=O) groups is 1. The van der Waals surface area contributed by atoms with Crippen LogP contribution in [0, 0.1) is 5.92 Å². The van der Waals surface area contributed by atoms with Crippen LogP contribution in [0.1, 0.15) is 67.2 Å². The van der Waals surface area contributed by atoms with Crippen molar-refractivity contribution < 1.29 is 14.6 Å². The minimum atomic E-state index is -0.336. The lowest BCUT2D eigenvalue weighted by atomic mass is 9.59. The van der Waals surface area contributed by atoms with E-state index >= 15 is 0 Å². The zero-order valence-electron chi connectivity index (χ0n) is 20.3. The summed E-state index contributed by atoms with van der Waals surface area (Å²) in [6.45, 7) is 2.59. The maximum Gasteiger partial charge on any atom is 0.407 e. The quantitative estimate of drug-likeness (QED) is 0.451. The average Bonchev–Trinajstić information content (AvgIpc) is 3.18. The molecule has 3 aromatic rings. The Morgan fingerprint density at radius 1 is 1.00 bits per heavy atom. The molecule has 1 amide bonds. The predicted molar refractivity (Wildman–Crippen MR) is 138 cm³/mol. The van der Waals surface area contributed by atoms with Crippen molar-refractivity contribution in [1.82, 2.24) is 5.32 Å². The van der Waals surface area contributed by atoms with Gasteiger partial charge in [-0.1, -0.05) is 80.8 Å². The third kappa shape index (κ3) is 3.80. The second-order valence-corrected chi connectivity index (χ2v) is 10.8. The van der Waals surface area contributed by atoms with Crippen LogP contribution < -0.4 is 5.32 Å². The van der Waals surface area contributed by atoms with E-state index in [1.165, 1.54) is 46.2 Å². The third-order valence-electron chi connectivity index (χ3n) is 8.74. The number of nitrogens with one attached hydrogen (secondary N) is 1. The molecule has 6 rings (SSSR count). The summed E-state index contributed by atoms with van der Waals surface area (Å²) in [6.07, 6.45) is 6.23. The van der Waals surface area contributed by atoms with Crippen LogP contribution in [-0.2, 0) is 16.6 Å². The first-order chi connectivity index (χ1) is 17.0. The lowest BCUT2D eigenvalue weighted by Gasteiger charge is -2.49. The number of benzene rings is 3. The monoisotopic (exact) mass is 467 g/mol. The molecule has 0 aromatic heterocycles. The number of phenolic OH excluding ortho intramolecular Hbond substituents is 1. The van der Waals surface area contributed by atoms with Gasteiger partial charge in [0.15, 0.2) is 0 Å². The van der Waals surface area contributed by atoms with Crippen molar-refractivity contribution in [3.05, 3.63) is 89.0 Å². The van der Waals surface area contributed by atoms with Crippen LogP contribution in [0.15, 0.2) is 66.7 Å². The molecule has 180 valence electrons. The largest absolute Gasteiger partial charge is 0.508 e. The highest BCUT2D eigenvalue weighted by molar-refractivity contribution is 5.79. The first-order valence-corrected chi connectivity index (χ1v) is 13.0. The molecule has 1 fully saturated rings. The normalized spacial score (nSPS) is 24.9. The molecule has 3 aromatic carbocycles. The van der Waals surface area contributed by atoms with E-state index < -0.39 is 0 Å². The number of aromatic hydroxyl groups is 1. The Labute approximate surface area is 207 Å². The van der Waals surface area contributed by atoms with Crippen LogP contribution in [0.25, 0.3) is 11.1 Å². The topological polar surface area (TPSA) is 58.6 Å². The Bertz CT molecular complexity index is 1220. The molecule has 3 atom stereocenters. The van der Waals surface area contributed by atoms with Crippen LogP contribution in [0.3, 0.4) is 0 Å². The summed E-state index contributed by atoms with van der Waals surface area (Å²) >= 11 is 0. The second-order valence-electron chi connectivity index (χ2n) is 10.8. The fourth-order valence-electron chi connectivity index (χ4n) is 7.04. The van der Waals surface area contributed by atoms with Crippen molar-refractivity contribution in [1.29, 1.82) is 0 Å². The summed E-state index contributed by atoms with van der Waals surface area (Å²) in [6, 6.07) is 22.6. The zero-order valence-corrected chi connectivity index (χ0v) is 20.3. The second kappa shape index (κ2) is 8.75. The number of rotatable bonds is 3. The molecule has 1 saturated carbocycles. The molecular formula is C31H33NO3. The summed E-state index contributed by atoms with van der Waals surface area (Å²) in [5, 5.41) is 13.6. The fourth-order valence-corrected chi connectivity index (χ4v) is 7.04. The number of ether oxygens (including phenoxy) is 1. The minimum absolute atomic E-state index is 0.00671. The standard InChI is InChI=1S/C31H33NO3/c1-31-16-8-2-3-9-21(17-20-14-15-22(33)18-28(20)31)29(31)32-30(34)35-19-27-25-12-6-4-10-23(25)24-11-5-7-13-26(24)27/h4-7,10-15,18,21,27,29,33H,2-3,8-9,16-17,19H2,1H3,(H,32,34)/t21-,29-,31+/m0/s1. The Morgan fingerprint density at radius 3 is 2.46 bits per heavy atom. The number of carbonyl (C=O) groups excluding carboxylic acids is 1. The number of phenols is 1.